The van der Waals surface area contributed by atoms with E-state index in [2.05, 4.69) is 20.9 Å². The molecule has 1 aromatic heterocycles. The van der Waals surface area contributed by atoms with Gasteiger partial charge in [-0.3, -0.25) is 0 Å². The molecule has 2 rings (SSSR count). The van der Waals surface area contributed by atoms with Gasteiger partial charge in [-0.05, 0) is 18.2 Å². The average molecular weight is 343 g/mol. The van der Waals surface area contributed by atoms with Crippen LogP contribution in [0.5, 0.6) is 0 Å². The van der Waals surface area contributed by atoms with E-state index < -0.39 is 18.1 Å². The lowest BCUT2D eigenvalue weighted by molar-refractivity contribution is -0.290. The highest BCUT2D eigenvalue weighted by Gasteiger charge is 2.62. The topological polar surface area (TPSA) is 41.8 Å². The summed E-state index contributed by atoms with van der Waals surface area (Å²) in [5, 5.41) is 0.228. The van der Waals surface area contributed by atoms with Crippen molar-refractivity contribution in [1.29, 1.82) is 0 Å². The van der Waals surface area contributed by atoms with E-state index in [1.165, 1.54) is 6.07 Å². The molecule has 8 heteroatoms. The lowest BCUT2D eigenvalue weighted by atomic mass is 10.0. The Balaban J connectivity index is 2.53. The van der Waals surface area contributed by atoms with E-state index in [4.69, 9.17) is 5.73 Å². The van der Waals surface area contributed by atoms with Crippen LogP contribution in [-0.2, 0) is 0 Å². The minimum absolute atomic E-state index is 0.228. The molecule has 0 aliphatic heterocycles. The van der Waals surface area contributed by atoms with Crippen molar-refractivity contribution in [2.45, 2.75) is 18.1 Å². The molecular weight excluding hydrogens is 335 g/mol. The van der Waals surface area contributed by atoms with Crippen molar-refractivity contribution >= 4 is 26.8 Å². The Hall–Kier alpha value is -1.15. The van der Waals surface area contributed by atoms with Gasteiger partial charge in [0.15, 0.2) is 0 Å². The summed E-state index contributed by atoms with van der Waals surface area (Å²) in [6.45, 7) is 0. The first-order valence-corrected chi connectivity index (χ1v) is 5.90. The smallest absolute Gasteiger partial charge is 0.361 e. The number of aromatic nitrogens is 1. The summed E-state index contributed by atoms with van der Waals surface area (Å²) in [6, 6.07) is 2.17. The summed E-state index contributed by atoms with van der Waals surface area (Å²) in [6.07, 6.45) is -4.62. The van der Waals surface area contributed by atoms with Gasteiger partial charge in [-0.15, -0.1) is 0 Å². The Morgan fingerprint density at radius 2 is 1.79 bits per heavy atom. The number of halogens is 6. The van der Waals surface area contributed by atoms with Crippen molar-refractivity contribution in [2.75, 3.05) is 0 Å². The van der Waals surface area contributed by atoms with E-state index in [1.807, 2.05) is 0 Å². The molecule has 2 nitrogen and oxygen atoms in total. The molecule has 3 N–H and O–H groups in total. The van der Waals surface area contributed by atoms with Crippen LogP contribution in [-0.4, -0.2) is 17.1 Å². The second-order valence-corrected chi connectivity index (χ2v) is 4.95. The largest absolute Gasteiger partial charge is 0.455 e. The first-order valence-electron chi connectivity index (χ1n) is 5.11. The zero-order valence-electron chi connectivity index (χ0n) is 9.23. The van der Waals surface area contributed by atoms with Gasteiger partial charge < -0.3 is 10.7 Å². The summed E-state index contributed by atoms with van der Waals surface area (Å²) in [4.78, 5) is 2.62. The predicted molar refractivity (Wildman–Crippen MR) is 63.9 cm³/mol. The van der Waals surface area contributed by atoms with Crippen LogP contribution in [0.15, 0.2) is 28.9 Å². The summed E-state index contributed by atoms with van der Waals surface area (Å²) in [7, 11) is 0. The SMILES string of the molecule is N[C@@H](c1c[nH]c2ccc(Br)cc12)C(F)(F)C(F)(F)F. The van der Waals surface area contributed by atoms with E-state index >= 15 is 0 Å². The van der Waals surface area contributed by atoms with Crippen LogP contribution in [0.25, 0.3) is 10.9 Å². The predicted octanol–water partition coefficient (Wildman–Crippen LogP) is 4.13. The molecule has 104 valence electrons. The minimum atomic E-state index is -5.69. The Kier molecular flexibility index (Phi) is 3.34. The molecule has 1 aromatic carbocycles. The zero-order chi connectivity index (χ0) is 14.4. The van der Waals surface area contributed by atoms with Gasteiger partial charge in [0.25, 0.3) is 0 Å². The number of nitrogens with two attached hydrogens (primary N) is 1. The molecule has 0 aliphatic rings. The molecule has 0 aliphatic carbocycles. The molecule has 1 atom stereocenters. The van der Waals surface area contributed by atoms with Crippen LogP contribution in [0, 0.1) is 0 Å². The maximum Gasteiger partial charge on any atom is 0.455 e. The normalized spacial score (nSPS) is 14.9. The zero-order valence-corrected chi connectivity index (χ0v) is 10.8. The van der Waals surface area contributed by atoms with Gasteiger partial charge >= 0.3 is 12.1 Å². The summed E-state index contributed by atoms with van der Waals surface area (Å²) in [5.74, 6) is -5.00. The lowest BCUT2D eigenvalue weighted by Crippen LogP contribution is -2.45. The molecule has 1 heterocycles. The highest BCUT2D eigenvalue weighted by Crippen LogP contribution is 2.44. The van der Waals surface area contributed by atoms with E-state index in [-0.39, 0.29) is 10.9 Å². The standard InChI is InChI=1S/C11H8BrF5N2/c12-5-1-2-8-6(3-5)7(4-19-8)9(18)10(13,14)11(15,16)17/h1-4,9,19H,18H2/t9-/m0/s1. The number of aromatic amines is 1. The summed E-state index contributed by atoms with van der Waals surface area (Å²) < 4.78 is 64.0. The van der Waals surface area contributed by atoms with E-state index in [1.54, 1.807) is 12.1 Å². The van der Waals surface area contributed by atoms with E-state index in [0.29, 0.717) is 9.99 Å². The Morgan fingerprint density at radius 1 is 1.16 bits per heavy atom. The van der Waals surface area contributed by atoms with Gasteiger partial charge in [-0.2, -0.15) is 22.0 Å². The third kappa shape index (κ3) is 2.34. The maximum atomic E-state index is 13.2. The third-order valence-corrected chi connectivity index (χ3v) is 3.27. The third-order valence-electron chi connectivity index (χ3n) is 2.78. The van der Waals surface area contributed by atoms with Gasteiger partial charge in [0, 0.05) is 27.1 Å². The van der Waals surface area contributed by atoms with Crippen molar-refractivity contribution in [1.82, 2.24) is 4.98 Å². The molecule has 0 amide bonds. The fourth-order valence-electron chi connectivity index (χ4n) is 1.74. The van der Waals surface area contributed by atoms with Crippen LogP contribution in [0.4, 0.5) is 22.0 Å². The van der Waals surface area contributed by atoms with Crippen LogP contribution >= 0.6 is 15.9 Å². The second-order valence-electron chi connectivity index (χ2n) is 4.03. The van der Waals surface area contributed by atoms with Crippen molar-refractivity contribution in [3.05, 3.63) is 34.4 Å². The second kappa shape index (κ2) is 4.45. The maximum absolute atomic E-state index is 13.2. The van der Waals surface area contributed by atoms with Gasteiger partial charge in [-0.25, -0.2) is 0 Å². The highest BCUT2D eigenvalue weighted by atomic mass is 79.9. The number of hydrogen-bond acceptors (Lipinski definition) is 1. The van der Waals surface area contributed by atoms with Crippen LogP contribution < -0.4 is 5.73 Å². The van der Waals surface area contributed by atoms with Gasteiger partial charge in [0.05, 0.1) is 0 Å². The fourth-order valence-corrected chi connectivity index (χ4v) is 2.10. The van der Waals surface area contributed by atoms with Crippen molar-refractivity contribution in [3.63, 3.8) is 0 Å². The molecular formula is C11H8BrF5N2. The Morgan fingerprint density at radius 3 is 2.37 bits per heavy atom. The molecule has 0 radical (unpaired) electrons. The molecule has 19 heavy (non-hydrogen) atoms. The average Bonchev–Trinajstić information content (AvgIpc) is 2.69. The van der Waals surface area contributed by atoms with E-state index in [0.717, 1.165) is 6.20 Å². The number of benzene rings is 1. The summed E-state index contributed by atoms with van der Waals surface area (Å²) >= 11 is 3.13. The lowest BCUT2D eigenvalue weighted by Gasteiger charge is -2.25. The van der Waals surface area contributed by atoms with Gasteiger partial charge in [-0.1, -0.05) is 15.9 Å². The van der Waals surface area contributed by atoms with Crippen molar-refractivity contribution in [3.8, 4) is 0 Å². The molecule has 0 saturated heterocycles. The fraction of sp³-hybridized carbons (Fsp3) is 0.273. The monoisotopic (exact) mass is 342 g/mol. The molecule has 0 saturated carbocycles. The highest BCUT2D eigenvalue weighted by molar-refractivity contribution is 9.10. The molecule has 0 fully saturated rings. The van der Waals surface area contributed by atoms with Gasteiger partial charge in [0.1, 0.15) is 6.04 Å². The Labute approximate surface area is 112 Å². The van der Waals surface area contributed by atoms with Crippen LogP contribution in [0.2, 0.25) is 0 Å². The first-order chi connectivity index (χ1) is 8.64. The summed E-state index contributed by atoms with van der Waals surface area (Å²) in [5.41, 5.74) is 5.27. The minimum Gasteiger partial charge on any atom is -0.361 e. The number of fused-ring (bicyclic) bond motifs is 1. The van der Waals surface area contributed by atoms with Crippen molar-refractivity contribution in [2.24, 2.45) is 5.73 Å². The molecule has 0 unspecified atom stereocenters. The quantitative estimate of drug-likeness (QED) is 0.791. The molecule has 2 aromatic rings. The number of hydrogen-bond donors (Lipinski definition) is 2. The first kappa shape index (κ1) is 14.3. The number of alkyl halides is 5. The van der Waals surface area contributed by atoms with E-state index in [9.17, 15) is 22.0 Å². The van der Waals surface area contributed by atoms with Crippen LogP contribution in [0.3, 0.4) is 0 Å². The number of nitrogens with one attached hydrogen (secondary N) is 1. The molecule has 0 spiro atoms. The molecule has 0 bridgehead atoms. The van der Waals surface area contributed by atoms with Gasteiger partial charge in [0.2, 0.25) is 0 Å². The Bertz CT molecular complexity index is 605. The van der Waals surface area contributed by atoms with Crippen molar-refractivity contribution < 1.29 is 22.0 Å². The number of H-pyrrole nitrogens is 1. The van der Waals surface area contributed by atoms with Crippen LogP contribution in [0.1, 0.15) is 11.6 Å². The number of rotatable bonds is 2.